The molecule has 1 aromatic rings. The van der Waals surface area contributed by atoms with Gasteiger partial charge in [0.25, 0.3) is 0 Å². The van der Waals surface area contributed by atoms with Crippen molar-refractivity contribution in [3.63, 3.8) is 0 Å². The average molecular weight is 265 g/mol. The molecule has 0 radical (unpaired) electrons. The minimum absolute atomic E-state index is 0.0899. The molecular weight excluding hydrogens is 238 g/mol. The second kappa shape index (κ2) is 8.75. The monoisotopic (exact) mass is 265 g/mol. The molecule has 1 unspecified atom stereocenters. The first-order valence-corrected chi connectivity index (χ1v) is 7.37. The zero-order chi connectivity index (χ0) is 14.1. The van der Waals surface area contributed by atoms with Crippen LogP contribution in [-0.4, -0.2) is 23.6 Å². The van der Waals surface area contributed by atoms with Crippen molar-refractivity contribution in [1.29, 1.82) is 0 Å². The summed E-state index contributed by atoms with van der Waals surface area (Å²) in [5, 5.41) is 6.38. The van der Waals surface area contributed by atoms with Crippen molar-refractivity contribution in [2.75, 3.05) is 13.1 Å². The number of hydrogen-bond acceptors (Lipinski definition) is 2. The standard InChI is InChI=1S/C15H27N3O/c1-4-7-9-17-15(19)12-18-10-8-13(11-18)14(5-2)16-6-3/h8,10-11,14,16H,4-7,9,12H2,1-3H3,(H,17,19). The van der Waals surface area contributed by atoms with Crippen molar-refractivity contribution >= 4 is 5.91 Å². The van der Waals surface area contributed by atoms with Crippen molar-refractivity contribution in [2.45, 2.75) is 52.6 Å². The molecule has 0 fully saturated rings. The summed E-state index contributed by atoms with van der Waals surface area (Å²) in [6.07, 6.45) is 7.25. The third-order valence-corrected chi connectivity index (χ3v) is 3.21. The molecule has 4 nitrogen and oxygen atoms in total. The van der Waals surface area contributed by atoms with Crippen LogP contribution in [0, 0.1) is 0 Å². The summed E-state index contributed by atoms with van der Waals surface area (Å²) < 4.78 is 1.95. The molecule has 0 aliphatic carbocycles. The van der Waals surface area contributed by atoms with Gasteiger partial charge in [0.1, 0.15) is 6.54 Å². The summed E-state index contributed by atoms with van der Waals surface area (Å²) in [5.41, 5.74) is 1.26. The maximum Gasteiger partial charge on any atom is 0.239 e. The van der Waals surface area contributed by atoms with Crippen molar-refractivity contribution in [2.24, 2.45) is 0 Å². The quantitative estimate of drug-likeness (QED) is 0.674. The highest BCUT2D eigenvalue weighted by Gasteiger charge is 2.10. The van der Waals surface area contributed by atoms with E-state index in [-0.39, 0.29) is 5.91 Å². The van der Waals surface area contributed by atoms with E-state index in [1.165, 1.54) is 5.56 Å². The summed E-state index contributed by atoms with van der Waals surface area (Å²) in [5.74, 6) is 0.0899. The first kappa shape index (κ1) is 15.8. The van der Waals surface area contributed by atoms with Gasteiger partial charge in [-0.25, -0.2) is 0 Å². The van der Waals surface area contributed by atoms with Crippen molar-refractivity contribution in [1.82, 2.24) is 15.2 Å². The lowest BCUT2D eigenvalue weighted by molar-refractivity contribution is -0.121. The highest BCUT2D eigenvalue weighted by Crippen LogP contribution is 2.16. The van der Waals surface area contributed by atoms with Crippen molar-refractivity contribution in [3.8, 4) is 0 Å². The summed E-state index contributed by atoms with van der Waals surface area (Å²) in [4.78, 5) is 11.7. The number of aromatic nitrogens is 1. The van der Waals surface area contributed by atoms with Crippen molar-refractivity contribution < 1.29 is 4.79 Å². The fourth-order valence-electron chi connectivity index (χ4n) is 2.13. The van der Waals surface area contributed by atoms with Gasteiger partial charge in [0.05, 0.1) is 0 Å². The van der Waals surface area contributed by atoms with E-state index in [2.05, 4.69) is 43.7 Å². The van der Waals surface area contributed by atoms with Gasteiger partial charge in [0.2, 0.25) is 5.91 Å². The molecule has 1 aromatic heterocycles. The van der Waals surface area contributed by atoms with Gasteiger partial charge in [-0.05, 0) is 31.0 Å². The van der Waals surface area contributed by atoms with Crippen LogP contribution >= 0.6 is 0 Å². The Hall–Kier alpha value is -1.29. The molecular formula is C15H27N3O. The second-order valence-electron chi connectivity index (χ2n) is 4.84. The summed E-state index contributed by atoms with van der Waals surface area (Å²) in [7, 11) is 0. The minimum atomic E-state index is 0.0899. The Morgan fingerprint density at radius 2 is 2.16 bits per heavy atom. The summed E-state index contributed by atoms with van der Waals surface area (Å²) in [6.45, 7) is 8.55. The third-order valence-electron chi connectivity index (χ3n) is 3.21. The van der Waals surface area contributed by atoms with Crippen molar-refractivity contribution in [3.05, 3.63) is 24.0 Å². The Balaban J connectivity index is 2.47. The Morgan fingerprint density at radius 1 is 1.37 bits per heavy atom. The van der Waals surface area contributed by atoms with E-state index >= 15 is 0 Å². The lowest BCUT2D eigenvalue weighted by atomic mass is 10.1. The van der Waals surface area contributed by atoms with E-state index in [9.17, 15) is 4.79 Å². The van der Waals surface area contributed by atoms with Crippen LogP contribution in [0.5, 0.6) is 0 Å². The Morgan fingerprint density at radius 3 is 2.79 bits per heavy atom. The van der Waals surface area contributed by atoms with Gasteiger partial charge in [-0.3, -0.25) is 4.79 Å². The average Bonchev–Trinajstić information content (AvgIpc) is 2.84. The molecule has 4 heteroatoms. The van der Waals surface area contributed by atoms with Gasteiger partial charge in [0, 0.05) is 25.0 Å². The van der Waals surface area contributed by atoms with E-state index in [1.807, 2.05) is 10.8 Å². The van der Waals surface area contributed by atoms with E-state index in [0.29, 0.717) is 12.6 Å². The van der Waals surface area contributed by atoms with Crippen LogP contribution in [0.2, 0.25) is 0 Å². The molecule has 1 rings (SSSR count). The van der Waals surface area contributed by atoms with Gasteiger partial charge in [-0.1, -0.05) is 27.2 Å². The maximum absolute atomic E-state index is 11.7. The first-order valence-electron chi connectivity index (χ1n) is 7.37. The molecule has 1 heterocycles. The predicted molar refractivity (Wildman–Crippen MR) is 79.1 cm³/mol. The topological polar surface area (TPSA) is 46.1 Å². The van der Waals surface area contributed by atoms with Crippen LogP contribution in [0.25, 0.3) is 0 Å². The number of unbranched alkanes of at least 4 members (excludes halogenated alkanes) is 1. The molecule has 0 aromatic carbocycles. The third kappa shape index (κ3) is 5.47. The molecule has 108 valence electrons. The van der Waals surface area contributed by atoms with E-state index in [0.717, 1.165) is 32.4 Å². The number of nitrogens with zero attached hydrogens (tertiary/aromatic N) is 1. The van der Waals surface area contributed by atoms with Crippen LogP contribution in [0.1, 0.15) is 51.6 Å². The molecule has 0 spiro atoms. The van der Waals surface area contributed by atoms with Crippen LogP contribution in [0.15, 0.2) is 18.5 Å². The summed E-state index contributed by atoms with van der Waals surface area (Å²) >= 11 is 0. The van der Waals surface area contributed by atoms with Crippen LogP contribution in [0.4, 0.5) is 0 Å². The second-order valence-corrected chi connectivity index (χ2v) is 4.84. The SMILES string of the molecule is CCCCNC(=O)Cn1ccc(C(CC)NCC)c1. The van der Waals surface area contributed by atoms with Gasteiger partial charge < -0.3 is 15.2 Å². The molecule has 0 aliphatic heterocycles. The molecule has 0 saturated heterocycles. The molecule has 1 amide bonds. The Bertz CT molecular complexity index is 373. The molecule has 0 aliphatic rings. The Kier molecular flexibility index (Phi) is 7.26. The highest BCUT2D eigenvalue weighted by atomic mass is 16.1. The van der Waals surface area contributed by atoms with Crippen LogP contribution in [-0.2, 0) is 11.3 Å². The van der Waals surface area contributed by atoms with E-state index < -0.39 is 0 Å². The van der Waals surface area contributed by atoms with Gasteiger partial charge in [-0.15, -0.1) is 0 Å². The lowest BCUT2D eigenvalue weighted by Gasteiger charge is -2.13. The fourth-order valence-corrected chi connectivity index (χ4v) is 2.13. The first-order chi connectivity index (χ1) is 9.21. The highest BCUT2D eigenvalue weighted by molar-refractivity contribution is 5.75. The largest absolute Gasteiger partial charge is 0.355 e. The molecule has 0 saturated carbocycles. The maximum atomic E-state index is 11.7. The fraction of sp³-hybridized carbons (Fsp3) is 0.667. The van der Waals surface area contributed by atoms with Gasteiger partial charge in [-0.2, -0.15) is 0 Å². The zero-order valence-electron chi connectivity index (χ0n) is 12.4. The van der Waals surface area contributed by atoms with Gasteiger partial charge >= 0.3 is 0 Å². The molecule has 2 N–H and O–H groups in total. The smallest absolute Gasteiger partial charge is 0.239 e. The minimum Gasteiger partial charge on any atom is -0.355 e. The van der Waals surface area contributed by atoms with E-state index in [4.69, 9.17) is 0 Å². The number of rotatable bonds is 9. The van der Waals surface area contributed by atoms with Gasteiger partial charge in [0.15, 0.2) is 0 Å². The molecule has 0 bridgehead atoms. The number of amides is 1. The number of carbonyl (C=O) groups is 1. The Labute approximate surface area is 116 Å². The van der Waals surface area contributed by atoms with Crippen LogP contribution in [0.3, 0.4) is 0 Å². The lowest BCUT2D eigenvalue weighted by Crippen LogP contribution is -2.28. The van der Waals surface area contributed by atoms with Crippen LogP contribution < -0.4 is 10.6 Å². The zero-order valence-corrected chi connectivity index (χ0v) is 12.4. The number of nitrogens with one attached hydrogen (secondary N) is 2. The molecule has 19 heavy (non-hydrogen) atoms. The number of carbonyl (C=O) groups excluding carboxylic acids is 1. The molecule has 1 atom stereocenters. The van der Waals surface area contributed by atoms with E-state index in [1.54, 1.807) is 0 Å². The predicted octanol–water partition coefficient (Wildman–Crippen LogP) is 2.47. The summed E-state index contributed by atoms with van der Waals surface area (Å²) in [6, 6.07) is 2.48. The normalized spacial score (nSPS) is 12.4. The number of hydrogen-bond donors (Lipinski definition) is 2.